The number of nitrogens with two attached hydrogens (primary N) is 1. The summed E-state index contributed by atoms with van der Waals surface area (Å²) in [6.07, 6.45) is 1.79. The maximum Gasteiger partial charge on any atom is 0.0564 e. The summed E-state index contributed by atoms with van der Waals surface area (Å²) in [7, 11) is 0. The van der Waals surface area contributed by atoms with Crippen LogP contribution in [-0.2, 0) is 6.54 Å². The van der Waals surface area contributed by atoms with Crippen molar-refractivity contribution in [2.24, 2.45) is 0 Å². The standard InChI is InChI=1S/C13H22N4/c1-11(2)17-7-5-16(6-8-17)10-13-9-12(14)3-4-15-13/h3-4,9,11H,5-8,10H2,1-2H3,(H2,14,15). The van der Waals surface area contributed by atoms with E-state index in [1.54, 1.807) is 6.20 Å². The first-order valence-corrected chi connectivity index (χ1v) is 6.32. The Kier molecular flexibility index (Phi) is 3.97. The van der Waals surface area contributed by atoms with Crippen molar-refractivity contribution in [3.05, 3.63) is 24.0 Å². The highest BCUT2D eigenvalue weighted by molar-refractivity contribution is 5.37. The molecule has 0 amide bonds. The van der Waals surface area contributed by atoms with E-state index in [1.165, 1.54) is 0 Å². The van der Waals surface area contributed by atoms with Crippen LogP contribution in [0.4, 0.5) is 5.69 Å². The van der Waals surface area contributed by atoms with Crippen LogP contribution in [0.1, 0.15) is 19.5 Å². The Morgan fingerprint density at radius 3 is 2.59 bits per heavy atom. The third-order valence-electron chi connectivity index (χ3n) is 3.36. The molecule has 2 N–H and O–H groups in total. The Labute approximate surface area is 103 Å². The Morgan fingerprint density at radius 1 is 1.29 bits per heavy atom. The Hall–Kier alpha value is -1.13. The number of rotatable bonds is 3. The second kappa shape index (κ2) is 5.47. The molecule has 0 radical (unpaired) electrons. The second-order valence-electron chi connectivity index (χ2n) is 4.99. The van der Waals surface area contributed by atoms with E-state index < -0.39 is 0 Å². The minimum Gasteiger partial charge on any atom is -0.399 e. The second-order valence-corrected chi connectivity index (χ2v) is 4.99. The van der Waals surface area contributed by atoms with Crippen LogP contribution in [-0.4, -0.2) is 47.0 Å². The van der Waals surface area contributed by atoms with Gasteiger partial charge in [0.1, 0.15) is 0 Å². The Bertz CT molecular complexity index is 356. The molecule has 2 heterocycles. The van der Waals surface area contributed by atoms with Gasteiger partial charge in [-0.3, -0.25) is 14.8 Å². The van der Waals surface area contributed by atoms with E-state index in [1.807, 2.05) is 12.1 Å². The highest BCUT2D eigenvalue weighted by Crippen LogP contribution is 2.10. The summed E-state index contributed by atoms with van der Waals surface area (Å²) in [6, 6.07) is 4.46. The van der Waals surface area contributed by atoms with Gasteiger partial charge in [0.15, 0.2) is 0 Å². The number of hydrogen-bond acceptors (Lipinski definition) is 4. The lowest BCUT2D eigenvalue weighted by molar-refractivity contribution is 0.103. The summed E-state index contributed by atoms with van der Waals surface area (Å²) < 4.78 is 0. The largest absolute Gasteiger partial charge is 0.399 e. The lowest BCUT2D eigenvalue weighted by atomic mass is 10.2. The third-order valence-corrected chi connectivity index (χ3v) is 3.36. The minimum atomic E-state index is 0.655. The van der Waals surface area contributed by atoms with E-state index in [4.69, 9.17) is 5.73 Å². The molecule has 0 saturated carbocycles. The van der Waals surface area contributed by atoms with Crippen molar-refractivity contribution in [3.8, 4) is 0 Å². The number of anilines is 1. The lowest BCUT2D eigenvalue weighted by Gasteiger charge is -2.36. The van der Waals surface area contributed by atoms with Gasteiger partial charge >= 0.3 is 0 Å². The Morgan fingerprint density at radius 2 is 2.00 bits per heavy atom. The average molecular weight is 234 g/mol. The van der Waals surface area contributed by atoms with Gasteiger partial charge in [-0.25, -0.2) is 0 Å². The summed E-state index contributed by atoms with van der Waals surface area (Å²) in [5.74, 6) is 0. The highest BCUT2D eigenvalue weighted by atomic mass is 15.3. The number of aromatic nitrogens is 1. The molecule has 0 aromatic carbocycles. The minimum absolute atomic E-state index is 0.655. The molecule has 4 nitrogen and oxygen atoms in total. The highest BCUT2D eigenvalue weighted by Gasteiger charge is 2.18. The van der Waals surface area contributed by atoms with E-state index in [2.05, 4.69) is 28.6 Å². The number of nitrogens with zero attached hydrogens (tertiary/aromatic N) is 3. The van der Waals surface area contributed by atoms with Crippen LogP contribution >= 0.6 is 0 Å². The van der Waals surface area contributed by atoms with Crippen LogP contribution in [0.15, 0.2) is 18.3 Å². The molecule has 0 atom stereocenters. The number of nitrogen functional groups attached to an aromatic ring is 1. The monoisotopic (exact) mass is 234 g/mol. The molecule has 1 fully saturated rings. The SMILES string of the molecule is CC(C)N1CCN(Cc2cc(N)ccn2)CC1. The number of hydrogen-bond donors (Lipinski definition) is 1. The van der Waals surface area contributed by atoms with Crippen molar-refractivity contribution in [3.63, 3.8) is 0 Å². The Balaban J connectivity index is 1.86. The van der Waals surface area contributed by atoms with Crippen LogP contribution in [0.3, 0.4) is 0 Å². The molecule has 1 aromatic rings. The molecule has 17 heavy (non-hydrogen) atoms. The number of pyridine rings is 1. The molecule has 1 aromatic heterocycles. The summed E-state index contributed by atoms with van der Waals surface area (Å²) in [5.41, 5.74) is 7.63. The first kappa shape index (κ1) is 12.3. The van der Waals surface area contributed by atoms with Crippen molar-refractivity contribution >= 4 is 5.69 Å². The van der Waals surface area contributed by atoms with Gasteiger partial charge in [-0.05, 0) is 26.0 Å². The fourth-order valence-electron chi connectivity index (χ4n) is 2.25. The molecule has 0 spiro atoms. The van der Waals surface area contributed by atoms with Gasteiger partial charge in [0.05, 0.1) is 5.69 Å². The fraction of sp³-hybridized carbons (Fsp3) is 0.615. The molecule has 0 aliphatic carbocycles. The van der Waals surface area contributed by atoms with Crippen LogP contribution in [0, 0.1) is 0 Å². The van der Waals surface area contributed by atoms with E-state index in [-0.39, 0.29) is 0 Å². The molecular formula is C13H22N4. The van der Waals surface area contributed by atoms with Crippen molar-refractivity contribution in [1.82, 2.24) is 14.8 Å². The molecule has 0 unspecified atom stereocenters. The summed E-state index contributed by atoms with van der Waals surface area (Å²) in [4.78, 5) is 9.31. The van der Waals surface area contributed by atoms with Gasteiger partial charge < -0.3 is 5.73 Å². The molecule has 0 bridgehead atoms. The van der Waals surface area contributed by atoms with Crippen LogP contribution in [0.25, 0.3) is 0 Å². The summed E-state index contributed by atoms with van der Waals surface area (Å²) in [6.45, 7) is 9.98. The smallest absolute Gasteiger partial charge is 0.0564 e. The van der Waals surface area contributed by atoms with E-state index >= 15 is 0 Å². The van der Waals surface area contributed by atoms with Gasteiger partial charge in [0, 0.05) is 50.6 Å². The summed E-state index contributed by atoms with van der Waals surface area (Å²) >= 11 is 0. The van der Waals surface area contributed by atoms with Crippen LogP contribution in [0.2, 0.25) is 0 Å². The fourth-order valence-corrected chi connectivity index (χ4v) is 2.25. The van der Waals surface area contributed by atoms with E-state index in [0.717, 1.165) is 44.1 Å². The first-order valence-electron chi connectivity index (χ1n) is 6.32. The zero-order valence-corrected chi connectivity index (χ0v) is 10.8. The van der Waals surface area contributed by atoms with E-state index in [0.29, 0.717) is 6.04 Å². The third kappa shape index (κ3) is 3.41. The van der Waals surface area contributed by atoms with Gasteiger partial charge in [-0.2, -0.15) is 0 Å². The molecule has 1 aliphatic heterocycles. The first-order chi connectivity index (χ1) is 8.15. The van der Waals surface area contributed by atoms with Crippen LogP contribution < -0.4 is 5.73 Å². The zero-order chi connectivity index (χ0) is 12.3. The average Bonchev–Trinajstić information content (AvgIpc) is 2.29. The zero-order valence-electron chi connectivity index (χ0n) is 10.8. The maximum absolute atomic E-state index is 5.76. The topological polar surface area (TPSA) is 45.4 Å². The number of piperazine rings is 1. The molecular weight excluding hydrogens is 212 g/mol. The summed E-state index contributed by atoms with van der Waals surface area (Å²) in [5, 5.41) is 0. The molecule has 2 rings (SSSR count). The van der Waals surface area contributed by atoms with Crippen LogP contribution in [0.5, 0.6) is 0 Å². The quantitative estimate of drug-likeness (QED) is 0.853. The van der Waals surface area contributed by atoms with Crippen molar-refractivity contribution in [2.45, 2.75) is 26.4 Å². The predicted octanol–water partition coefficient (Wildman–Crippen LogP) is 1.19. The molecule has 1 saturated heterocycles. The van der Waals surface area contributed by atoms with Gasteiger partial charge in [0.2, 0.25) is 0 Å². The van der Waals surface area contributed by atoms with E-state index in [9.17, 15) is 0 Å². The molecule has 1 aliphatic rings. The predicted molar refractivity (Wildman–Crippen MR) is 70.6 cm³/mol. The maximum atomic E-state index is 5.76. The molecule has 4 heteroatoms. The van der Waals surface area contributed by atoms with Crippen molar-refractivity contribution in [1.29, 1.82) is 0 Å². The van der Waals surface area contributed by atoms with Gasteiger partial charge in [0.25, 0.3) is 0 Å². The van der Waals surface area contributed by atoms with Gasteiger partial charge in [-0.1, -0.05) is 0 Å². The van der Waals surface area contributed by atoms with Crippen molar-refractivity contribution in [2.75, 3.05) is 31.9 Å². The van der Waals surface area contributed by atoms with Gasteiger partial charge in [-0.15, -0.1) is 0 Å². The lowest BCUT2D eigenvalue weighted by Crippen LogP contribution is -2.48. The normalized spacial score (nSPS) is 18.8. The molecule has 94 valence electrons. The van der Waals surface area contributed by atoms with Crippen molar-refractivity contribution < 1.29 is 0 Å².